The number of hydrogen-bond acceptors (Lipinski definition) is 1. The Morgan fingerprint density at radius 2 is 2.45 bits per heavy atom. The largest absolute Gasteiger partial charge is 0.294 e. The van der Waals surface area contributed by atoms with Crippen LogP contribution in [0.3, 0.4) is 0 Å². The van der Waals surface area contributed by atoms with E-state index in [-0.39, 0.29) is 11.7 Å². The van der Waals surface area contributed by atoms with Crippen LogP contribution in [0.4, 0.5) is 0 Å². The van der Waals surface area contributed by atoms with Crippen molar-refractivity contribution in [1.82, 2.24) is 0 Å². The van der Waals surface area contributed by atoms with E-state index in [9.17, 15) is 4.79 Å². The highest BCUT2D eigenvalue weighted by molar-refractivity contribution is 5.99. The average Bonchev–Trinajstić information content (AvgIpc) is 1.99. The van der Waals surface area contributed by atoms with E-state index in [2.05, 4.69) is 6.58 Å². The van der Waals surface area contributed by atoms with Gasteiger partial charge in [-0.05, 0) is 18.9 Å². The van der Waals surface area contributed by atoms with Gasteiger partial charge < -0.3 is 0 Å². The van der Waals surface area contributed by atoms with Gasteiger partial charge in [0.15, 0.2) is 5.78 Å². The number of ketones is 1. The summed E-state index contributed by atoms with van der Waals surface area (Å²) in [5.41, 5.74) is 0.847. The molecule has 0 heterocycles. The Hall–Kier alpha value is -1.11. The van der Waals surface area contributed by atoms with Crippen LogP contribution in [-0.4, -0.2) is 5.78 Å². The zero-order valence-electron chi connectivity index (χ0n) is 6.71. The van der Waals surface area contributed by atoms with Gasteiger partial charge in [-0.2, -0.15) is 0 Å². The summed E-state index contributed by atoms with van der Waals surface area (Å²) in [6.07, 6.45) is 8.25. The van der Waals surface area contributed by atoms with Gasteiger partial charge >= 0.3 is 0 Å². The summed E-state index contributed by atoms with van der Waals surface area (Å²) in [7, 11) is 0. The molecule has 1 atom stereocenters. The van der Waals surface area contributed by atoms with Crippen molar-refractivity contribution >= 4 is 5.78 Å². The third-order valence-electron chi connectivity index (χ3n) is 1.84. The molecular formula is C10H12O. The van der Waals surface area contributed by atoms with E-state index in [0.29, 0.717) is 0 Å². The molecule has 1 aliphatic carbocycles. The Bertz CT molecular complexity index is 233. The molecular weight excluding hydrogens is 136 g/mol. The normalized spacial score (nSPS) is 23.2. The highest BCUT2D eigenvalue weighted by Gasteiger charge is 2.16. The molecule has 1 unspecified atom stereocenters. The van der Waals surface area contributed by atoms with E-state index in [4.69, 9.17) is 0 Å². The van der Waals surface area contributed by atoms with Crippen LogP contribution in [-0.2, 0) is 4.79 Å². The molecule has 1 nitrogen and oxygen atoms in total. The lowest BCUT2D eigenvalue weighted by molar-refractivity contribution is -0.117. The van der Waals surface area contributed by atoms with E-state index in [0.717, 1.165) is 12.0 Å². The molecule has 1 heteroatoms. The highest BCUT2D eigenvalue weighted by Crippen LogP contribution is 2.17. The minimum absolute atomic E-state index is 0.0394. The topological polar surface area (TPSA) is 17.1 Å². The van der Waals surface area contributed by atoms with Gasteiger partial charge in [-0.15, -0.1) is 6.58 Å². The Kier molecular flexibility index (Phi) is 2.42. The minimum atomic E-state index is 0.0394. The molecule has 11 heavy (non-hydrogen) atoms. The third-order valence-corrected chi connectivity index (χ3v) is 1.84. The first-order valence-electron chi connectivity index (χ1n) is 3.76. The molecule has 0 radical (unpaired) electrons. The molecule has 0 aliphatic heterocycles. The summed E-state index contributed by atoms with van der Waals surface area (Å²) in [6, 6.07) is 0. The maximum absolute atomic E-state index is 11.3. The molecule has 0 spiro atoms. The van der Waals surface area contributed by atoms with E-state index < -0.39 is 0 Å². The van der Waals surface area contributed by atoms with E-state index in [1.807, 2.05) is 25.2 Å². The molecule has 0 aromatic rings. The summed E-state index contributed by atoms with van der Waals surface area (Å²) >= 11 is 0. The molecule has 0 saturated heterocycles. The molecule has 0 N–H and O–H groups in total. The van der Waals surface area contributed by atoms with Crippen LogP contribution >= 0.6 is 0 Å². The molecule has 0 fully saturated rings. The second-order valence-corrected chi connectivity index (χ2v) is 2.73. The van der Waals surface area contributed by atoms with Crippen molar-refractivity contribution in [2.45, 2.75) is 13.3 Å². The predicted molar refractivity (Wildman–Crippen MR) is 46.2 cm³/mol. The zero-order valence-corrected chi connectivity index (χ0v) is 6.71. The molecule has 0 amide bonds. The molecule has 0 bridgehead atoms. The van der Waals surface area contributed by atoms with Gasteiger partial charge in [-0.3, -0.25) is 4.79 Å². The number of allylic oxidation sites excluding steroid dienone is 5. The molecule has 0 saturated carbocycles. The fourth-order valence-corrected chi connectivity index (χ4v) is 1.16. The highest BCUT2D eigenvalue weighted by atomic mass is 16.1. The van der Waals surface area contributed by atoms with Crippen molar-refractivity contribution < 1.29 is 4.79 Å². The van der Waals surface area contributed by atoms with Crippen molar-refractivity contribution in [3.05, 3.63) is 36.5 Å². The first-order valence-corrected chi connectivity index (χ1v) is 3.76. The maximum Gasteiger partial charge on any atom is 0.165 e. The third kappa shape index (κ3) is 1.67. The van der Waals surface area contributed by atoms with Crippen LogP contribution in [0, 0.1) is 5.92 Å². The van der Waals surface area contributed by atoms with E-state index >= 15 is 0 Å². The van der Waals surface area contributed by atoms with Crippen LogP contribution in [0.1, 0.15) is 13.3 Å². The van der Waals surface area contributed by atoms with Crippen molar-refractivity contribution in [3.8, 4) is 0 Å². The van der Waals surface area contributed by atoms with E-state index in [1.54, 1.807) is 6.08 Å². The van der Waals surface area contributed by atoms with Gasteiger partial charge in [-0.1, -0.05) is 24.3 Å². The fraction of sp³-hybridized carbons (Fsp3) is 0.300. The SMILES string of the molecule is C=CCC1C=CC=C(C)C1=O. The zero-order chi connectivity index (χ0) is 8.27. The van der Waals surface area contributed by atoms with Crippen LogP contribution in [0.2, 0.25) is 0 Å². The monoisotopic (exact) mass is 148 g/mol. The number of Topliss-reactive ketones (excluding diaryl/α,β-unsaturated/α-hetero) is 1. The van der Waals surface area contributed by atoms with Gasteiger partial charge in [0.2, 0.25) is 0 Å². The van der Waals surface area contributed by atoms with Crippen molar-refractivity contribution in [2.75, 3.05) is 0 Å². The predicted octanol–water partition coefficient (Wildman–Crippen LogP) is 2.26. The number of rotatable bonds is 2. The molecule has 1 rings (SSSR count). The first kappa shape index (κ1) is 7.99. The lowest BCUT2D eigenvalue weighted by atomic mass is 9.91. The molecule has 58 valence electrons. The van der Waals surface area contributed by atoms with Crippen molar-refractivity contribution in [2.24, 2.45) is 5.92 Å². The lowest BCUT2D eigenvalue weighted by Gasteiger charge is -2.12. The van der Waals surface area contributed by atoms with Gasteiger partial charge in [0, 0.05) is 5.92 Å². The van der Waals surface area contributed by atoms with E-state index in [1.165, 1.54) is 0 Å². The summed E-state index contributed by atoms with van der Waals surface area (Å²) in [4.78, 5) is 11.3. The van der Waals surface area contributed by atoms with Crippen molar-refractivity contribution in [3.63, 3.8) is 0 Å². The first-order chi connectivity index (χ1) is 5.25. The number of carbonyl (C=O) groups is 1. The summed E-state index contributed by atoms with van der Waals surface area (Å²) < 4.78 is 0. The smallest absolute Gasteiger partial charge is 0.165 e. The molecule has 0 aromatic carbocycles. The Morgan fingerprint density at radius 1 is 1.73 bits per heavy atom. The van der Waals surface area contributed by atoms with Crippen molar-refractivity contribution in [1.29, 1.82) is 0 Å². The Morgan fingerprint density at radius 3 is 3.09 bits per heavy atom. The second-order valence-electron chi connectivity index (χ2n) is 2.73. The quantitative estimate of drug-likeness (QED) is 0.549. The molecule has 1 aliphatic rings. The number of carbonyl (C=O) groups excluding carboxylic acids is 1. The van der Waals surface area contributed by atoms with Crippen LogP contribution in [0.5, 0.6) is 0 Å². The summed E-state index contributed by atoms with van der Waals surface area (Å²) in [5.74, 6) is 0.268. The van der Waals surface area contributed by atoms with Gasteiger partial charge in [0.1, 0.15) is 0 Å². The lowest BCUT2D eigenvalue weighted by Crippen LogP contribution is -2.14. The van der Waals surface area contributed by atoms with Gasteiger partial charge in [-0.25, -0.2) is 0 Å². The summed E-state index contributed by atoms with van der Waals surface area (Å²) in [6.45, 7) is 5.46. The average molecular weight is 148 g/mol. The second kappa shape index (κ2) is 3.33. The van der Waals surface area contributed by atoms with Crippen LogP contribution in [0.15, 0.2) is 36.5 Å². The molecule has 0 aromatic heterocycles. The van der Waals surface area contributed by atoms with Crippen LogP contribution in [0.25, 0.3) is 0 Å². The Balaban J connectivity index is 2.73. The van der Waals surface area contributed by atoms with Gasteiger partial charge in [0.05, 0.1) is 0 Å². The van der Waals surface area contributed by atoms with Gasteiger partial charge in [0.25, 0.3) is 0 Å². The number of hydrogen-bond donors (Lipinski definition) is 0. The minimum Gasteiger partial charge on any atom is -0.294 e. The fourth-order valence-electron chi connectivity index (χ4n) is 1.16. The van der Waals surface area contributed by atoms with Crippen LogP contribution < -0.4 is 0 Å². The summed E-state index contributed by atoms with van der Waals surface area (Å²) in [5, 5.41) is 0. The standard InChI is InChI=1S/C10H12O/c1-3-5-9-7-4-6-8(2)10(9)11/h3-4,6-7,9H,1,5H2,2H3. The Labute approximate surface area is 67.1 Å². The maximum atomic E-state index is 11.3.